The van der Waals surface area contributed by atoms with E-state index < -0.39 is 0 Å². The lowest BCUT2D eigenvalue weighted by Gasteiger charge is -2.22. The van der Waals surface area contributed by atoms with Crippen LogP contribution in [0.2, 0.25) is 0 Å². The van der Waals surface area contributed by atoms with E-state index in [1.165, 1.54) is 18.2 Å². The second-order valence-electron chi connectivity index (χ2n) is 3.78. The highest BCUT2D eigenvalue weighted by molar-refractivity contribution is 5.91. The van der Waals surface area contributed by atoms with E-state index in [9.17, 15) is 15.0 Å². The summed E-state index contributed by atoms with van der Waals surface area (Å²) in [5.41, 5.74) is 0.677. The summed E-state index contributed by atoms with van der Waals surface area (Å²) in [5.74, 6) is 0.175. The molecular formula is C12H12O4. The van der Waals surface area contributed by atoms with Gasteiger partial charge in [0.15, 0.2) is 17.3 Å². The van der Waals surface area contributed by atoms with Crippen molar-refractivity contribution in [3.63, 3.8) is 0 Å². The Labute approximate surface area is 92.8 Å². The lowest BCUT2D eigenvalue weighted by atomic mass is 10.0. The molecule has 2 rings (SSSR count). The molecule has 1 aromatic carbocycles. The van der Waals surface area contributed by atoms with Crippen LogP contribution in [0.15, 0.2) is 30.0 Å². The smallest absolute Gasteiger partial charge is 0.163 e. The van der Waals surface area contributed by atoms with E-state index in [0.29, 0.717) is 11.3 Å². The number of aromatic hydroxyl groups is 2. The van der Waals surface area contributed by atoms with Crippen LogP contribution in [-0.4, -0.2) is 16.0 Å². The van der Waals surface area contributed by atoms with Gasteiger partial charge < -0.3 is 14.9 Å². The lowest BCUT2D eigenvalue weighted by molar-refractivity contribution is -0.118. The quantitative estimate of drug-likeness (QED) is 0.710. The van der Waals surface area contributed by atoms with Crippen LogP contribution in [-0.2, 0) is 9.53 Å². The van der Waals surface area contributed by atoms with Crippen LogP contribution in [0.4, 0.5) is 0 Å². The molecule has 16 heavy (non-hydrogen) atoms. The Hall–Kier alpha value is -1.97. The Kier molecular flexibility index (Phi) is 2.56. The molecule has 4 nitrogen and oxygen atoms in total. The molecule has 1 atom stereocenters. The highest BCUT2D eigenvalue weighted by Crippen LogP contribution is 2.33. The first-order chi connectivity index (χ1) is 7.56. The topological polar surface area (TPSA) is 66.8 Å². The fourth-order valence-electron chi connectivity index (χ4n) is 1.70. The molecule has 0 aromatic heterocycles. The summed E-state index contributed by atoms with van der Waals surface area (Å²) in [7, 11) is 0. The molecule has 1 aliphatic heterocycles. The Balaban J connectivity index is 2.28. The van der Waals surface area contributed by atoms with Crippen molar-refractivity contribution < 1.29 is 19.7 Å². The van der Waals surface area contributed by atoms with Gasteiger partial charge in [0.25, 0.3) is 0 Å². The van der Waals surface area contributed by atoms with E-state index in [2.05, 4.69) is 0 Å². The molecule has 0 spiro atoms. The van der Waals surface area contributed by atoms with Crippen molar-refractivity contribution in [2.24, 2.45) is 0 Å². The standard InChI is InChI=1S/C12H12O4/c1-7-4-9(13)6-12(16-7)8-2-3-10(14)11(15)5-8/h2-5,12,14-15H,6H2,1H3. The number of rotatable bonds is 1. The third-order valence-electron chi connectivity index (χ3n) is 2.45. The largest absolute Gasteiger partial charge is 0.504 e. The van der Waals surface area contributed by atoms with Gasteiger partial charge in [-0.1, -0.05) is 6.07 Å². The average molecular weight is 220 g/mol. The summed E-state index contributed by atoms with van der Waals surface area (Å²) in [6.07, 6.45) is 1.32. The normalized spacial score (nSPS) is 20.2. The molecule has 1 heterocycles. The van der Waals surface area contributed by atoms with Crippen molar-refractivity contribution in [1.82, 2.24) is 0 Å². The molecule has 0 saturated carbocycles. The van der Waals surface area contributed by atoms with Crippen LogP contribution in [0, 0.1) is 0 Å². The Morgan fingerprint density at radius 1 is 1.31 bits per heavy atom. The SMILES string of the molecule is CC1=CC(=O)CC(c2ccc(O)c(O)c2)O1. The minimum Gasteiger partial charge on any atom is -0.504 e. The predicted octanol–water partition coefficient (Wildman–Crippen LogP) is 2.03. The van der Waals surface area contributed by atoms with Crippen LogP contribution in [0.3, 0.4) is 0 Å². The summed E-state index contributed by atoms with van der Waals surface area (Å²) < 4.78 is 5.49. The second kappa shape index (κ2) is 3.89. The van der Waals surface area contributed by atoms with E-state index in [-0.39, 0.29) is 29.8 Å². The summed E-state index contributed by atoms with van der Waals surface area (Å²) in [5, 5.41) is 18.5. The first kappa shape index (κ1) is 10.5. The number of ether oxygens (including phenoxy) is 1. The lowest BCUT2D eigenvalue weighted by Crippen LogP contribution is -2.14. The van der Waals surface area contributed by atoms with Crippen molar-refractivity contribution in [1.29, 1.82) is 0 Å². The second-order valence-corrected chi connectivity index (χ2v) is 3.78. The van der Waals surface area contributed by atoms with Crippen molar-refractivity contribution in [2.45, 2.75) is 19.4 Å². The number of ketones is 1. The van der Waals surface area contributed by atoms with E-state index in [4.69, 9.17) is 4.74 Å². The van der Waals surface area contributed by atoms with Crippen LogP contribution in [0.5, 0.6) is 11.5 Å². The molecule has 1 aromatic rings. The summed E-state index contributed by atoms with van der Waals surface area (Å²) in [6, 6.07) is 4.42. The number of hydrogen-bond acceptors (Lipinski definition) is 4. The number of carbonyl (C=O) groups excluding carboxylic acids is 1. The van der Waals surface area contributed by atoms with Gasteiger partial charge in [-0.15, -0.1) is 0 Å². The van der Waals surface area contributed by atoms with E-state index in [0.717, 1.165) is 0 Å². The van der Waals surface area contributed by atoms with Gasteiger partial charge in [-0.2, -0.15) is 0 Å². The molecular weight excluding hydrogens is 208 g/mol. The molecule has 1 aliphatic rings. The number of phenols is 2. The predicted molar refractivity (Wildman–Crippen MR) is 57.0 cm³/mol. The van der Waals surface area contributed by atoms with Crippen molar-refractivity contribution in [3.8, 4) is 11.5 Å². The first-order valence-electron chi connectivity index (χ1n) is 4.96. The average Bonchev–Trinajstić information content (AvgIpc) is 2.20. The summed E-state index contributed by atoms with van der Waals surface area (Å²) >= 11 is 0. The molecule has 0 radical (unpaired) electrons. The molecule has 84 valence electrons. The third kappa shape index (κ3) is 2.00. The van der Waals surface area contributed by atoms with Crippen molar-refractivity contribution in [3.05, 3.63) is 35.6 Å². The maximum absolute atomic E-state index is 11.3. The van der Waals surface area contributed by atoms with Gasteiger partial charge in [0, 0.05) is 6.08 Å². The van der Waals surface area contributed by atoms with E-state index in [1.807, 2.05) is 0 Å². The molecule has 0 amide bonds. The van der Waals surface area contributed by atoms with E-state index >= 15 is 0 Å². The Morgan fingerprint density at radius 3 is 2.69 bits per heavy atom. The monoisotopic (exact) mass is 220 g/mol. The maximum Gasteiger partial charge on any atom is 0.163 e. The zero-order valence-corrected chi connectivity index (χ0v) is 8.80. The van der Waals surface area contributed by atoms with Crippen LogP contribution in [0.1, 0.15) is 25.0 Å². The van der Waals surface area contributed by atoms with Gasteiger partial charge in [0.1, 0.15) is 6.10 Å². The molecule has 4 heteroatoms. The number of benzene rings is 1. The van der Waals surface area contributed by atoms with Gasteiger partial charge in [0.2, 0.25) is 0 Å². The zero-order valence-electron chi connectivity index (χ0n) is 8.80. The number of phenolic OH excluding ortho intramolecular Hbond substituents is 2. The minimum atomic E-state index is -0.385. The third-order valence-corrected chi connectivity index (χ3v) is 2.45. The highest BCUT2D eigenvalue weighted by Gasteiger charge is 2.22. The molecule has 0 bridgehead atoms. The molecule has 1 unspecified atom stereocenters. The molecule has 0 fully saturated rings. The van der Waals surface area contributed by atoms with Crippen LogP contribution < -0.4 is 0 Å². The van der Waals surface area contributed by atoms with Gasteiger partial charge in [-0.25, -0.2) is 0 Å². The van der Waals surface area contributed by atoms with Crippen LogP contribution >= 0.6 is 0 Å². The first-order valence-corrected chi connectivity index (χ1v) is 4.96. The van der Waals surface area contributed by atoms with Gasteiger partial charge in [-0.3, -0.25) is 4.79 Å². The summed E-state index contributed by atoms with van der Waals surface area (Å²) in [6.45, 7) is 1.71. The maximum atomic E-state index is 11.3. The number of hydrogen-bond donors (Lipinski definition) is 2. The number of allylic oxidation sites excluding steroid dienone is 2. The van der Waals surface area contributed by atoms with E-state index in [1.54, 1.807) is 13.0 Å². The zero-order chi connectivity index (χ0) is 11.7. The number of carbonyl (C=O) groups is 1. The van der Waals surface area contributed by atoms with Gasteiger partial charge in [0.05, 0.1) is 12.2 Å². The highest BCUT2D eigenvalue weighted by atomic mass is 16.5. The molecule has 2 N–H and O–H groups in total. The molecule has 0 aliphatic carbocycles. The Bertz CT molecular complexity index is 462. The molecule has 0 saturated heterocycles. The minimum absolute atomic E-state index is 0.00122. The fourth-order valence-corrected chi connectivity index (χ4v) is 1.70. The fraction of sp³-hybridized carbons (Fsp3) is 0.250. The van der Waals surface area contributed by atoms with Gasteiger partial charge >= 0.3 is 0 Å². The van der Waals surface area contributed by atoms with Gasteiger partial charge in [-0.05, 0) is 24.6 Å². The van der Waals surface area contributed by atoms with Crippen molar-refractivity contribution in [2.75, 3.05) is 0 Å². The van der Waals surface area contributed by atoms with Crippen LogP contribution in [0.25, 0.3) is 0 Å². The summed E-state index contributed by atoms with van der Waals surface area (Å²) in [4.78, 5) is 11.3. The Morgan fingerprint density at radius 2 is 2.06 bits per heavy atom. The van der Waals surface area contributed by atoms with Crippen molar-refractivity contribution >= 4 is 5.78 Å².